The Kier molecular flexibility index (Phi) is 3.55. The molecule has 0 bridgehead atoms. The van der Waals surface area contributed by atoms with E-state index < -0.39 is 0 Å². The van der Waals surface area contributed by atoms with Gasteiger partial charge in [-0.25, -0.2) is 4.98 Å². The predicted molar refractivity (Wildman–Crippen MR) is 84.7 cm³/mol. The van der Waals surface area contributed by atoms with Crippen molar-refractivity contribution in [1.82, 2.24) is 14.3 Å². The highest BCUT2D eigenvalue weighted by Crippen LogP contribution is 2.41. The van der Waals surface area contributed by atoms with Crippen LogP contribution in [0.2, 0.25) is 5.02 Å². The van der Waals surface area contributed by atoms with E-state index in [0.717, 1.165) is 0 Å². The molecule has 0 aromatic carbocycles. The highest BCUT2D eigenvalue weighted by atomic mass is 35.5. The molecule has 4 rings (SSSR count). The third-order valence-electron chi connectivity index (χ3n) is 4.87. The number of imidazole rings is 1. The molecule has 2 aliphatic rings. The molecule has 2 atom stereocenters. The Hall–Kier alpha value is -1.63. The number of carbonyl (C=O) groups excluding carboxylic acids is 1. The van der Waals surface area contributed by atoms with E-state index in [1.165, 1.54) is 0 Å². The number of carbonyl (C=O) groups is 1. The van der Waals surface area contributed by atoms with Crippen LogP contribution in [-0.2, 0) is 9.47 Å². The molecule has 2 aromatic heterocycles. The average molecular weight is 336 g/mol. The van der Waals surface area contributed by atoms with Gasteiger partial charge in [0, 0.05) is 43.9 Å². The number of ether oxygens (including phenoxy) is 2. The number of pyridine rings is 1. The molecule has 0 aliphatic carbocycles. The molecule has 1 amide bonds. The van der Waals surface area contributed by atoms with E-state index in [2.05, 4.69) is 4.98 Å². The number of hydrogen-bond donors (Lipinski definition) is 0. The number of rotatable bonds is 3. The fourth-order valence-electron chi connectivity index (χ4n) is 3.71. The standard InChI is InChI=1S/C16H18ClN3O3/c1-22-9-16-8-20(4-11(16)7-23-10-16)15(21)13-6-19-5-12(17)2-3-14(19)18-13/h2-3,5-6,11H,4,7-10H2,1H3/t11-,16-/m0/s1. The Bertz CT molecular complexity index is 762. The van der Waals surface area contributed by atoms with Crippen LogP contribution < -0.4 is 0 Å². The summed E-state index contributed by atoms with van der Waals surface area (Å²) in [6.45, 7) is 3.29. The van der Waals surface area contributed by atoms with Crippen LogP contribution in [0.3, 0.4) is 0 Å². The zero-order chi connectivity index (χ0) is 16.0. The zero-order valence-corrected chi connectivity index (χ0v) is 13.6. The molecule has 2 aromatic rings. The molecule has 0 radical (unpaired) electrons. The van der Waals surface area contributed by atoms with Gasteiger partial charge in [-0.1, -0.05) is 11.6 Å². The van der Waals surface area contributed by atoms with Gasteiger partial charge < -0.3 is 18.8 Å². The van der Waals surface area contributed by atoms with Crippen LogP contribution in [0.15, 0.2) is 24.5 Å². The summed E-state index contributed by atoms with van der Waals surface area (Å²) in [5.41, 5.74) is 1.08. The summed E-state index contributed by atoms with van der Waals surface area (Å²) in [4.78, 5) is 19.1. The largest absolute Gasteiger partial charge is 0.384 e. The first-order valence-electron chi connectivity index (χ1n) is 7.61. The first kappa shape index (κ1) is 14.9. The molecule has 4 heterocycles. The normalized spacial score (nSPS) is 26.9. The van der Waals surface area contributed by atoms with Crippen molar-refractivity contribution in [3.05, 3.63) is 35.2 Å². The smallest absolute Gasteiger partial charge is 0.274 e. The molecule has 0 spiro atoms. The van der Waals surface area contributed by atoms with Crippen molar-refractivity contribution < 1.29 is 14.3 Å². The van der Waals surface area contributed by atoms with Crippen LogP contribution in [0.1, 0.15) is 10.5 Å². The maximum absolute atomic E-state index is 12.8. The van der Waals surface area contributed by atoms with Crippen LogP contribution in [0.25, 0.3) is 5.65 Å². The summed E-state index contributed by atoms with van der Waals surface area (Å²) in [6, 6.07) is 3.57. The van der Waals surface area contributed by atoms with Gasteiger partial charge in [-0.3, -0.25) is 4.79 Å². The van der Waals surface area contributed by atoms with Gasteiger partial charge in [0.1, 0.15) is 11.3 Å². The maximum atomic E-state index is 12.8. The van der Waals surface area contributed by atoms with Crippen LogP contribution in [0.4, 0.5) is 0 Å². The molecule has 0 N–H and O–H groups in total. The summed E-state index contributed by atoms with van der Waals surface area (Å²) < 4.78 is 12.8. The van der Waals surface area contributed by atoms with Gasteiger partial charge in [-0.15, -0.1) is 0 Å². The first-order chi connectivity index (χ1) is 11.1. The third-order valence-corrected chi connectivity index (χ3v) is 5.10. The molecule has 122 valence electrons. The minimum absolute atomic E-state index is 0.0466. The highest BCUT2D eigenvalue weighted by Gasteiger charge is 2.52. The molecule has 0 unspecified atom stereocenters. The lowest BCUT2D eigenvalue weighted by Gasteiger charge is -2.25. The molecule has 6 nitrogen and oxygen atoms in total. The van der Waals surface area contributed by atoms with Gasteiger partial charge in [0.2, 0.25) is 0 Å². The van der Waals surface area contributed by atoms with Crippen molar-refractivity contribution >= 4 is 23.2 Å². The van der Waals surface area contributed by atoms with Crippen molar-refractivity contribution in [2.24, 2.45) is 11.3 Å². The van der Waals surface area contributed by atoms with E-state index >= 15 is 0 Å². The maximum Gasteiger partial charge on any atom is 0.274 e. The fraction of sp³-hybridized carbons (Fsp3) is 0.500. The number of nitrogens with zero attached hydrogens (tertiary/aromatic N) is 3. The highest BCUT2D eigenvalue weighted by molar-refractivity contribution is 6.30. The zero-order valence-electron chi connectivity index (χ0n) is 12.9. The van der Waals surface area contributed by atoms with Gasteiger partial charge in [0.15, 0.2) is 0 Å². The Balaban J connectivity index is 1.59. The topological polar surface area (TPSA) is 56.1 Å². The Morgan fingerprint density at radius 2 is 2.39 bits per heavy atom. The third kappa shape index (κ3) is 2.41. The van der Waals surface area contributed by atoms with Gasteiger partial charge in [0.25, 0.3) is 5.91 Å². The second-order valence-corrected chi connectivity index (χ2v) is 6.87. The van der Waals surface area contributed by atoms with Crippen LogP contribution in [-0.4, -0.2) is 60.2 Å². The number of halogens is 1. The molecule has 2 aliphatic heterocycles. The van der Waals surface area contributed by atoms with E-state index in [4.69, 9.17) is 21.1 Å². The Morgan fingerprint density at radius 1 is 1.52 bits per heavy atom. The van der Waals surface area contributed by atoms with E-state index in [9.17, 15) is 4.79 Å². The van der Waals surface area contributed by atoms with Crippen molar-refractivity contribution in [3.8, 4) is 0 Å². The SMILES string of the molecule is COC[C@@]12COC[C@@H]1CN(C(=O)c1cn3cc(Cl)ccc3n1)C2. The fourth-order valence-corrected chi connectivity index (χ4v) is 3.88. The van der Waals surface area contributed by atoms with Crippen molar-refractivity contribution in [1.29, 1.82) is 0 Å². The Labute approximate surface area is 138 Å². The number of likely N-dealkylation sites (tertiary alicyclic amines) is 1. The van der Waals surface area contributed by atoms with Gasteiger partial charge in [-0.2, -0.15) is 0 Å². The number of amides is 1. The molecule has 2 fully saturated rings. The summed E-state index contributed by atoms with van der Waals surface area (Å²) in [5.74, 6) is 0.285. The summed E-state index contributed by atoms with van der Waals surface area (Å²) >= 11 is 5.98. The van der Waals surface area contributed by atoms with E-state index in [-0.39, 0.29) is 11.3 Å². The van der Waals surface area contributed by atoms with E-state index in [1.807, 2.05) is 4.90 Å². The molecule has 0 saturated carbocycles. The van der Waals surface area contributed by atoms with Crippen molar-refractivity contribution in [2.75, 3.05) is 40.0 Å². The second kappa shape index (κ2) is 5.47. The van der Waals surface area contributed by atoms with Crippen LogP contribution in [0, 0.1) is 11.3 Å². The molecular weight excluding hydrogens is 318 g/mol. The number of methoxy groups -OCH3 is 1. The van der Waals surface area contributed by atoms with E-state index in [1.54, 1.807) is 36.0 Å². The molecule has 2 saturated heterocycles. The lowest BCUT2D eigenvalue weighted by atomic mass is 9.82. The average Bonchev–Trinajstić information content (AvgIpc) is 3.17. The van der Waals surface area contributed by atoms with Crippen molar-refractivity contribution in [2.45, 2.75) is 0 Å². The number of fused-ring (bicyclic) bond motifs is 2. The number of hydrogen-bond acceptors (Lipinski definition) is 4. The summed E-state index contributed by atoms with van der Waals surface area (Å²) in [5, 5.41) is 0.612. The predicted octanol–water partition coefficient (Wildman–Crippen LogP) is 1.72. The lowest BCUT2D eigenvalue weighted by molar-refractivity contribution is 0.0487. The molecule has 7 heteroatoms. The van der Waals surface area contributed by atoms with Crippen LogP contribution in [0.5, 0.6) is 0 Å². The van der Waals surface area contributed by atoms with Crippen LogP contribution >= 0.6 is 11.6 Å². The minimum atomic E-state index is -0.0765. The quantitative estimate of drug-likeness (QED) is 0.857. The molecule has 23 heavy (non-hydrogen) atoms. The summed E-state index contributed by atoms with van der Waals surface area (Å²) in [6.07, 6.45) is 3.48. The Morgan fingerprint density at radius 3 is 3.22 bits per heavy atom. The van der Waals surface area contributed by atoms with Crippen molar-refractivity contribution in [3.63, 3.8) is 0 Å². The number of aromatic nitrogens is 2. The van der Waals surface area contributed by atoms with E-state index in [0.29, 0.717) is 55.2 Å². The minimum Gasteiger partial charge on any atom is -0.384 e. The first-order valence-corrected chi connectivity index (χ1v) is 7.99. The second-order valence-electron chi connectivity index (χ2n) is 6.43. The summed E-state index contributed by atoms with van der Waals surface area (Å²) in [7, 11) is 1.69. The van der Waals surface area contributed by atoms with Gasteiger partial charge in [-0.05, 0) is 12.1 Å². The molecular formula is C16H18ClN3O3. The lowest BCUT2D eigenvalue weighted by Crippen LogP contribution is -2.37. The van der Waals surface area contributed by atoms with Gasteiger partial charge in [0.05, 0.1) is 24.8 Å². The monoisotopic (exact) mass is 335 g/mol. The van der Waals surface area contributed by atoms with Gasteiger partial charge >= 0.3 is 0 Å².